The van der Waals surface area contributed by atoms with Gasteiger partial charge in [-0.05, 0) is 37.0 Å². The third kappa shape index (κ3) is 1.92. The lowest BCUT2D eigenvalue weighted by Gasteiger charge is -2.37. The Balaban J connectivity index is 2.23. The molecule has 1 aliphatic rings. The fraction of sp³-hybridized carbons (Fsp3) is 0.417. The van der Waals surface area contributed by atoms with Crippen LogP contribution in [0, 0.1) is 11.2 Å². The van der Waals surface area contributed by atoms with Crippen LogP contribution in [0.25, 0.3) is 0 Å². The SMILES string of the molecule is O=C(O)C1(Cc2ccc(Cl)cc2F)CCC1. The summed E-state index contributed by atoms with van der Waals surface area (Å²) in [5.74, 6) is -1.24. The van der Waals surface area contributed by atoms with Gasteiger partial charge in [-0.25, -0.2) is 4.39 Å². The number of carboxylic acid groups (broad SMARTS) is 1. The average Bonchev–Trinajstić information content (AvgIpc) is 2.13. The molecule has 0 spiro atoms. The van der Waals surface area contributed by atoms with Crippen LogP contribution in [0.1, 0.15) is 24.8 Å². The number of carbonyl (C=O) groups is 1. The minimum absolute atomic E-state index is 0.255. The van der Waals surface area contributed by atoms with Crippen molar-refractivity contribution < 1.29 is 14.3 Å². The first kappa shape index (κ1) is 11.4. The van der Waals surface area contributed by atoms with Crippen LogP contribution in [0.3, 0.4) is 0 Å². The van der Waals surface area contributed by atoms with Crippen LogP contribution in [-0.4, -0.2) is 11.1 Å². The lowest BCUT2D eigenvalue weighted by atomic mass is 9.65. The molecule has 1 saturated carbocycles. The molecule has 0 atom stereocenters. The monoisotopic (exact) mass is 242 g/mol. The molecule has 4 heteroatoms. The number of hydrogen-bond acceptors (Lipinski definition) is 1. The average molecular weight is 243 g/mol. The Morgan fingerprint density at radius 3 is 2.62 bits per heavy atom. The first-order valence-electron chi connectivity index (χ1n) is 5.21. The lowest BCUT2D eigenvalue weighted by molar-refractivity contribution is -0.154. The molecular formula is C12H12ClFO2. The Labute approximate surface area is 98.0 Å². The highest BCUT2D eigenvalue weighted by atomic mass is 35.5. The van der Waals surface area contributed by atoms with E-state index in [1.807, 2.05) is 0 Å². The van der Waals surface area contributed by atoms with E-state index >= 15 is 0 Å². The second-order valence-corrected chi connectivity index (χ2v) is 4.79. The van der Waals surface area contributed by atoms with E-state index in [1.165, 1.54) is 6.07 Å². The van der Waals surface area contributed by atoms with E-state index in [0.717, 1.165) is 6.42 Å². The predicted molar refractivity (Wildman–Crippen MR) is 59.0 cm³/mol. The van der Waals surface area contributed by atoms with Gasteiger partial charge in [0, 0.05) is 5.02 Å². The number of aliphatic carboxylic acids is 1. The highest BCUT2D eigenvalue weighted by Gasteiger charge is 2.44. The molecular weight excluding hydrogens is 231 g/mol. The van der Waals surface area contributed by atoms with Gasteiger partial charge < -0.3 is 5.11 Å². The van der Waals surface area contributed by atoms with E-state index < -0.39 is 17.2 Å². The van der Waals surface area contributed by atoms with Crippen LogP contribution < -0.4 is 0 Å². The smallest absolute Gasteiger partial charge is 0.309 e. The van der Waals surface area contributed by atoms with Crippen molar-refractivity contribution in [2.24, 2.45) is 5.41 Å². The maximum atomic E-state index is 13.5. The molecule has 0 unspecified atom stereocenters. The molecule has 0 aliphatic heterocycles. The lowest BCUT2D eigenvalue weighted by Crippen LogP contribution is -2.40. The molecule has 1 aliphatic carbocycles. The van der Waals surface area contributed by atoms with Gasteiger partial charge in [-0.3, -0.25) is 4.79 Å². The van der Waals surface area contributed by atoms with Gasteiger partial charge in [0.1, 0.15) is 5.82 Å². The van der Waals surface area contributed by atoms with E-state index in [1.54, 1.807) is 12.1 Å². The molecule has 86 valence electrons. The van der Waals surface area contributed by atoms with Crippen molar-refractivity contribution in [1.29, 1.82) is 0 Å². The molecule has 2 nitrogen and oxygen atoms in total. The normalized spacial score (nSPS) is 17.9. The number of halogens is 2. The van der Waals surface area contributed by atoms with E-state index in [0.29, 0.717) is 23.4 Å². The van der Waals surface area contributed by atoms with Gasteiger partial charge in [0.2, 0.25) is 0 Å². The highest BCUT2D eigenvalue weighted by molar-refractivity contribution is 6.30. The Morgan fingerprint density at radius 2 is 2.19 bits per heavy atom. The molecule has 0 radical (unpaired) electrons. The Bertz CT molecular complexity index is 427. The van der Waals surface area contributed by atoms with Crippen molar-refractivity contribution in [2.45, 2.75) is 25.7 Å². The van der Waals surface area contributed by atoms with Crippen LogP contribution in [-0.2, 0) is 11.2 Å². The summed E-state index contributed by atoms with van der Waals surface area (Å²) >= 11 is 5.64. The first-order valence-corrected chi connectivity index (χ1v) is 5.59. The van der Waals surface area contributed by atoms with Gasteiger partial charge in [0.15, 0.2) is 0 Å². The molecule has 1 fully saturated rings. The third-order valence-electron chi connectivity index (χ3n) is 3.31. The summed E-state index contributed by atoms with van der Waals surface area (Å²) in [6.07, 6.45) is 2.42. The minimum atomic E-state index is -0.826. The largest absolute Gasteiger partial charge is 0.481 e. The first-order chi connectivity index (χ1) is 7.53. The summed E-state index contributed by atoms with van der Waals surface area (Å²) in [7, 11) is 0. The van der Waals surface area contributed by atoms with Gasteiger partial charge >= 0.3 is 5.97 Å². The molecule has 1 aromatic carbocycles. The van der Waals surface area contributed by atoms with Crippen molar-refractivity contribution in [3.05, 3.63) is 34.6 Å². The maximum Gasteiger partial charge on any atom is 0.309 e. The van der Waals surface area contributed by atoms with Gasteiger partial charge in [0.05, 0.1) is 5.41 Å². The number of carboxylic acids is 1. The molecule has 1 N–H and O–H groups in total. The molecule has 0 heterocycles. The topological polar surface area (TPSA) is 37.3 Å². The molecule has 2 rings (SSSR count). The summed E-state index contributed by atoms with van der Waals surface area (Å²) in [6.45, 7) is 0. The van der Waals surface area contributed by atoms with Crippen molar-refractivity contribution >= 4 is 17.6 Å². The van der Waals surface area contributed by atoms with Crippen LogP contribution >= 0.6 is 11.6 Å². The second-order valence-electron chi connectivity index (χ2n) is 4.35. The third-order valence-corrected chi connectivity index (χ3v) is 3.54. The Morgan fingerprint density at radius 1 is 1.50 bits per heavy atom. The summed E-state index contributed by atoms with van der Waals surface area (Å²) in [5, 5.41) is 9.47. The zero-order valence-electron chi connectivity index (χ0n) is 8.67. The molecule has 0 saturated heterocycles. The van der Waals surface area contributed by atoms with E-state index in [9.17, 15) is 9.18 Å². The Kier molecular flexibility index (Phi) is 2.89. The number of hydrogen-bond donors (Lipinski definition) is 1. The number of benzene rings is 1. The number of rotatable bonds is 3. The maximum absolute atomic E-state index is 13.5. The van der Waals surface area contributed by atoms with Crippen LogP contribution in [0.5, 0.6) is 0 Å². The minimum Gasteiger partial charge on any atom is -0.481 e. The fourth-order valence-electron chi connectivity index (χ4n) is 2.10. The fourth-order valence-corrected chi connectivity index (χ4v) is 2.26. The summed E-state index contributed by atoms with van der Waals surface area (Å²) in [5.41, 5.74) is -0.319. The molecule has 16 heavy (non-hydrogen) atoms. The van der Waals surface area contributed by atoms with Crippen molar-refractivity contribution in [3.63, 3.8) is 0 Å². The van der Waals surface area contributed by atoms with Gasteiger partial charge in [-0.1, -0.05) is 24.1 Å². The van der Waals surface area contributed by atoms with Gasteiger partial charge in [0.25, 0.3) is 0 Å². The summed E-state index contributed by atoms with van der Waals surface area (Å²) < 4.78 is 13.5. The molecule has 0 bridgehead atoms. The van der Waals surface area contributed by atoms with Crippen LogP contribution in [0.15, 0.2) is 18.2 Å². The highest BCUT2D eigenvalue weighted by Crippen LogP contribution is 2.44. The quantitative estimate of drug-likeness (QED) is 0.883. The zero-order valence-corrected chi connectivity index (χ0v) is 9.43. The summed E-state index contributed by atoms with van der Waals surface area (Å²) in [6, 6.07) is 4.39. The van der Waals surface area contributed by atoms with Crippen molar-refractivity contribution in [3.8, 4) is 0 Å². The van der Waals surface area contributed by atoms with Crippen LogP contribution in [0.2, 0.25) is 5.02 Å². The molecule has 0 amide bonds. The van der Waals surface area contributed by atoms with Crippen molar-refractivity contribution in [2.75, 3.05) is 0 Å². The molecule has 0 aromatic heterocycles. The van der Waals surface area contributed by atoms with Crippen LogP contribution in [0.4, 0.5) is 4.39 Å². The Hall–Kier alpha value is -1.09. The van der Waals surface area contributed by atoms with E-state index in [-0.39, 0.29) is 6.42 Å². The molecule has 1 aromatic rings. The summed E-state index contributed by atoms with van der Waals surface area (Å²) in [4.78, 5) is 11.1. The van der Waals surface area contributed by atoms with E-state index in [4.69, 9.17) is 16.7 Å². The van der Waals surface area contributed by atoms with Crippen molar-refractivity contribution in [1.82, 2.24) is 0 Å². The van der Waals surface area contributed by atoms with Gasteiger partial charge in [-0.2, -0.15) is 0 Å². The van der Waals surface area contributed by atoms with E-state index in [2.05, 4.69) is 0 Å². The zero-order chi connectivity index (χ0) is 11.8. The predicted octanol–water partition coefficient (Wildman–Crippen LogP) is 3.28. The van der Waals surface area contributed by atoms with Gasteiger partial charge in [-0.15, -0.1) is 0 Å². The second kappa shape index (κ2) is 4.06. The standard InChI is InChI=1S/C12H12ClFO2/c13-9-3-2-8(10(14)6-9)7-12(11(15)16)4-1-5-12/h2-3,6H,1,4-5,7H2,(H,15,16).